The predicted molar refractivity (Wildman–Crippen MR) is 61.0 cm³/mol. The van der Waals surface area contributed by atoms with Crippen LogP contribution in [0.1, 0.15) is 18.1 Å². The molecule has 1 N–H and O–H groups in total. The molecule has 0 aromatic heterocycles. The maximum atomic E-state index is 11.2. The van der Waals surface area contributed by atoms with Gasteiger partial charge in [0.25, 0.3) is 0 Å². The molecule has 1 atom stereocenters. The van der Waals surface area contributed by atoms with E-state index in [1.54, 1.807) is 13.0 Å². The Morgan fingerprint density at radius 2 is 2.00 bits per heavy atom. The highest BCUT2D eigenvalue weighted by molar-refractivity contribution is 5.78. The van der Waals surface area contributed by atoms with Crippen molar-refractivity contribution in [3.63, 3.8) is 0 Å². The minimum Gasteiger partial charge on any atom is -0.467 e. The number of nitrogens with zero attached hydrogens (tertiary/aromatic N) is 2. The Morgan fingerprint density at radius 3 is 2.53 bits per heavy atom. The summed E-state index contributed by atoms with van der Waals surface area (Å²) in [6.07, 6.45) is 0. The van der Waals surface area contributed by atoms with Gasteiger partial charge in [-0.25, -0.2) is 4.79 Å². The fourth-order valence-corrected chi connectivity index (χ4v) is 1.31. The zero-order valence-electron chi connectivity index (χ0n) is 9.52. The van der Waals surface area contributed by atoms with E-state index in [0.29, 0.717) is 11.3 Å². The van der Waals surface area contributed by atoms with E-state index >= 15 is 0 Å². The van der Waals surface area contributed by atoms with Crippen LogP contribution in [0, 0.1) is 22.7 Å². The molecule has 1 aromatic carbocycles. The molecule has 5 nitrogen and oxygen atoms in total. The van der Waals surface area contributed by atoms with Gasteiger partial charge in [0.05, 0.1) is 18.2 Å². The largest absolute Gasteiger partial charge is 0.467 e. The lowest BCUT2D eigenvalue weighted by Gasteiger charge is -2.13. The summed E-state index contributed by atoms with van der Waals surface area (Å²) in [5, 5.41) is 20.5. The number of benzene rings is 1. The first-order valence-electron chi connectivity index (χ1n) is 4.91. The molecule has 0 saturated carbocycles. The molecule has 1 aromatic rings. The number of hydrogen-bond donors (Lipinski definition) is 1. The average Bonchev–Trinajstić information content (AvgIpc) is 2.37. The summed E-state index contributed by atoms with van der Waals surface area (Å²) in [6.45, 7) is 1.65. The van der Waals surface area contributed by atoms with Crippen molar-refractivity contribution in [2.75, 3.05) is 12.4 Å². The lowest BCUT2D eigenvalue weighted by atomic mass is 10.1. The van der Waals surface area contributed by atoms with E-state index in [-0.39, 0.29) is 5.56 Å². The lowest BCUT2D eigenvalue weighted by molar-refractivity contribution is -0.141. The van der Waals surface area contributed by atoms with Crippen molar-refractivity contribution < 1.29 is 9.53 Å². The monoisotopic (exact) mass is 229 g/mol. The molecule has 0 bridgehead atoms. The molecule has 0 fully saturated rings. The van der Waals surface area contributed by atoms with Gasteiger partial charge in [-0.15, -0.1) is 0 Å². The Morgan fingerprint density at radius 1 is 1.35 bits per heavy atom. The number of methoxy groups -OCH3 is 1. The molecule has 0 amide bonds. The minimum absolute atomic E-state index is 0.273. The zero-order valence-corrected chi connectivity index (χ0v) is 9.52. The second-order valence-electron chi connectivity index (χ2n) is 3.37. The van der Waals surface area contributed by atoms with E-state index in [2.05, 4.69) is 10.1 Å². The predicted octanol–water partition coefficient (Wildman–Crippen LogP) is 1.40. The summed E-state index contributed by atoms with van der Waals surface area (Å²) in [5.41, 5.74) is 1.18. The van der Waals surface area contributed by atoms with E-state index in [1.165, 1.54) is 19.2 Å². The van der Waals surface area contributed by atoms with Crippen molar-refractivity contribution in [1.29, 1.82) is 10.5 Å². The van der Waals surface area contributed by atoms with E-state index in [9.17, 15) is 4.79 Å². The molecule has 0 aliphatic heterocycles. The van der Waals surface area contributed by atoms with Gasteiger partial charge in [-0.2, -0.15) is 10.5 Å². The van der Waals surface area contributed by atoms with Crippen LogP contribution in [0.3, 0.4) is 0 Å². The minimum atomic E-state index is -0.514. The summed E-state index contributed by atoms with van der Waals surface area (Å²) in [4.78, 5) is 11.2. The molecule has 0 spiro atoms. The van der Waals surface area contributed by atoms with Gasteiger partial charge in [0, 0.05) is 5.69 Å². The van der Waals surface area contributed by atoms with Crippen molar-refractivity contribution in [2.24, 2.45) is 0 Å². The van der Waals surface area contributed by atoms with Gasteiger partial charge < -0.3 is 10.1 Å². The quantitative estimate of drug-likeness (QED) is 0.792. The van der Waals surface area contributed by atoms with Gasteiger partial charge >= 0.3 is 5.97 Å². The third-order valence-corrected chi connectivity index (χ3v) is 2.20. The number of hydrogen-bond acceptors (Lipinski definition) is 5. The van der Waals surface area contributed by atoms with Gasteiger partial charge in [0.2, 0.25) is 0 Å². The highest BCUT2D eigenvalue weighted by atomic mass is 16.5. The van der Waals surface area contributed by atoms with Gasteiger partial charge in [0.1, 0.15) is 18.2 Å². The number of rotatable bonds is 3. The van der Waals surface area contributed by atoms with Gasteiger partial charge in [0.15, 0.2) is 0 Å². The first kappa shape index (κ1) is 12.5. The van der Waals surface area contributed by atoms with Crippen LogP contribution in [-0.2, 0) is 9.53 Å². The van der Waals surface area contributed by atoms with Crippen molar-refractivity contribution >= 4 is 11.7 Å². The number of nitrogens with one attached hydrogen (secondary N) is 1. The van der Waals surface area contributed by atoms with Crippen LogP contribution in [0.25, 0.3) is 0 Å². The Balaban J connectivity index is 2.92. The Kier molecular flexibility index (Phi) is 4.08. The third-order valence-electron chi connectivity index (χ3n) is 2.20. The molecule has 1 unspecified atom stereocenters. The van der Waals surface area contributed by atoms with Crippen molar-refractivity contribution in [3.8, 4) is 12.1 Å². The summed E-state index contributed by atoms with van der Waals surface area (Å²) < 4.78 is 4.57. The van der Waals surface area contributed by atoms with Crippen LogP contribution >= 0.6 is 0 Å². The number of ether oxygens (including phenoxy) is 1. The molecule has 86 valence electrons. The van der Waals surface area contributed by atoms with Crippen LogP contribution in [0.4, 0.5) is 5.69 Å². The second-order valence-corrected chi connectivity index (χ2v) is 3.37. The topological polar surface area (TPSA) is 85.9 Å². The SMILES string of the molecule is COC(=O)C(C)Nc1ccc(C#N)c(C#N)c1. The van der Waals surface area contributed by atoms with Crippen LogP contribution < -0.4 is 5.32 Å². The first-order chi connectivity index (χ1) is 8.12. The van der Waals surface area contributed by atoms with Crippen LogP contribution in [0.15, 0.2) is 18.2 Å². The molecule has 0 saturated heterocycles. The molecular weight excluding hydrogens is 218 g/mol. The molecule has 5 heteroatoms. The average molecular weight is 229 g/mol. The van der Waals surface area contributed by atoms with Gasteiger partial charge in [-0.3, -0.25) is 0 Å². The number of anilines is 1. The Hall–Kier alpha value is -2.53. The number of carbonyl (C=O) groups excluding carboxylic acids is 1. The van der Waals surface area contributed by atoms with E-state index in [1.807, 2.05) is 12.1 Å². The van der Waals surface area contributed by atoms with E-state index < -0.39 is 12.0 Å². The number of carbonyl (C=O) groups is 1. The standard InChI is InChI=1S/C12H11N3O2/c1-8(12(16)17-2)15-11-4-3-9(6-13)10(5-11)7-14/h3-5,8,15H,1-2H3. The number of esters is 1. The maximum absolute atomic E-state index is 11.2. The van der Waals surface area contributed by atoms with Crippen LogP contribution in [0.5, 0.6) is 0 Å². The molecule has 0 aliphatic carbocycles. The Labute approximate surface area is 99.2 Å². The van der Waals surface area contributed by atoms with E-state index in [0.717, 1.165) is 0 Å². The molecule has 1 rings (SSSR count). The van der Waals surface area contributed by atoms with Crippen molar-refractivity contribution in [2.45, 2.75) is 13.0 Å². The summed E-state index contributed by atoms with van der Waals surface area (Å²) >= 11 is 0. The summed E-state index contributed by atoms with van der Waals surface area (Å²) in [6, 6.07) is 8.03. The van der Waals surface area contributed by atoms with Crippen LogP contribution in [-0.4, -0.2) is 19.1 Å². The highest BCUT2D eigenvalue weighted by Gasteiger charge is 2.13. The molecule has 0 radical (unpaired) electrons. The van der Waals surface area contributed by atoms with Gasteiger partial charge in [-0.05, 0) is 25.1 Å². The molecule has 17 heavy (non-hydrogen) atoms. The first-order valence-corrected chi connectivity index (χ1v) is 4.91. The summed E-state index contributed by atoms with van der Waals surface area (Å²) in [7, 11) is 1.31. The Bertz CT molecular complexity index is 511. The lowest BCUT2D eigenvalue weighted by Crippen LogP contribution is -2.27. The van der Waals surface area contributed by atoms with E-state index in [4.69, 9.17) is 10.5 Å². The molecule has 0 heterocycles. The maximum Gasteiger partial charge on any atom is 0.327 e. The molecular formula is C12H11N3O2. The number of nitriles is 2. The summed E-state index contributed by atoms with van der Waals surface area (Å²) in [5.74, 6) is -0.395. The smallest absolute Gasteiger partial charge is 0.327 e. The highest BCUT2D eigenvalue weighted by Crippen LogP contribution is 2.15. The third kappa shape index (κ3) is 2.96. The van der Waals surface area contributed by atoms with Crippen molar-refractivity contribution in [1.82, 2.24) is 0 Å². The fourth-order valence-electron chi connectivity index (χ4n) is 1.31. The van der Waals surface area contributed by atoms with Crippen molar-refractivity contribution in [3.05, 3.63) is 29.3 Å². The zero-order chi connectivity index (χ0) is 12.8. The van der Waals surface area contributed by atoms with Gasteiger partial charge in [-0.1, -0.05) is 0 Å². The normalized spacial score (nSPS) is 10.8. The molecule has 0 aliphatic rings. The fraction of sp³-hybridized carbons (Fsp3) is 0.250. The second kappa shape index (κ2) is 5.53. The van der Waals surface area contributed by atoms with Crippen LogP contribution in [0.2, 0.25) is 0 Å².